The van der Waals surface area contributed by atoms with Crippen LogP contribution in [0.4, 0.5) is 8.78 Å². The van der Waals surface area contributed by atoms with Crippen LogP contribution in [0, 0.1) is 5.82 Å². The standard InChI is InChI=1S/C19H19ClF2N4O4/c1-9(27)26-8-11(21)6-14(26)17-24-15(16(28)19(30)25(17)2)18(29)23-7-10-3-4-13(22)12(20)5-10/h3-5,11,14,28H,6-8H2,1-2H3,(H,23,29)/t11-,14-/m0/s1. The Morgan fingerprint density at radius 3 is 2.73 bits per heavy atom. The molecule has 1 fully saturated rings. The number of nitrogens with one attached hydrogen (secondary N) is 1. The number of rotatable bonds is 4. The number of hydrogen-bond donors (Lipinski definition) is 2. The van der Waals surface area contributed by atoms with E-state index < -0.39 is 46.8 Å². The van der Waals surface area contributed by atoms with Gasteiger partial charge in [0.05, 0.1) is 17.6 Å². The van der Waals surface area contributed by atoms with Crippen LogP contribution in [0.1, 0.15) is 41.3 Å². The first-order chi connectivity index (χ1) is 14.1. The molecule has 1 saturated heterocycles. The molecule has 11 heteroatoms. The molecule has 0 aliphatic carbocycles. The molecule has 2 aromatic rings. The molecular weight excluding hydrogens is 422 g/mol. The van der Waals surface area contributed by atoms with E-state index in [1.165, 1.54) is 31.0 Å². The topological polar surface area (TPSA) is 105 Å². The summed E-state index contributed by atoms with van der Waals surface area (Å²) in [5, 5.41) is 12.5. The molecule has 2 N–H and O–H groups in total. The Labute approximate surface area is 175 Å². The second-order valence-corrected chi connectivity index (χ2v) is 7.39. The Morgan fingerprint density at radius 2 is 2.10 bits per heavy atom. The molecule has 30 heavy (non-hydrogen) atoms. The minimum Gasteiger partial charge on any atom is -0.501 e. The van der Waals surface area contributed by atoms with Crippen LogP contribution in [-0.2, 0) is 18.4 Å². The molecule has 2 amide bonds. The van der Waals surface area contributed by atoms with Gasteiger partial charge in [0.25, 0.3) is 11.5 Å². The average Bonchev–Trinajstić information content (AvgIpc) is 3.09. The SMILES string of the molecule is CC(=O)N1C[C@@H](F)C[C@H]1c1nc(C(=O)NCc2ccc(F)c(Cl)c2)c(O)c(=O)n1C. The average molecular weight is 441 g/mol. The number of halogens is 3. The van der Waals surface area contributed by atoms with Crippen molar-refractivity contribution in [3.8, 4) is 5.75 Å². The van der Waals surface area contributed by atoms with E-state index >= 15 is 0 Å². The highest BCUT2D eigenvalue weighted by Gasteiger charge is 2.38. The number of likely N-dealkylation sites (tertiary alicyclic amines) is 1. The number of alkyl halides is 1. The summed E-state index contributed by atoms with van der Waals surface area (Å²) in [6.45, 7) is 1.05. The van der Waals surface area contributed by atoms with E-state index in [0.29, 0.717) is 5.56 Å². The number of aromatic hydroxyl groups is 1. The van der Waals surface area contributed by atoms with Crippen molar-refractivity contribution in [3.63, 3.8) is 0 Å². The van der Waals surface area contributed by atoms with Crippen LogP contribution in [0.3, 0.4) is 0 Å². The predicted molar refractivity (Wildman–Crippen MR) is 103 cm³/mol. The highest BCUT2D eigenvalue weighted by molar-refractivity contribution is 6.30. The number of carbonyl (C=O) groups is 2. The van der Waals surface area contributed by atoms with E-state index in [1.54, 1.807) is 0 Å². The molecule has 0 bridgehead atoms. The van der Waals surface area contributed by atoms with Gasteiger partial charge in [-0.1, -0.05) is 17.7 Å². The molecular formula is C19H19ClF2N4O4. The van der Waals surface area contributed by atoms with Gasteiger partial charge in [0, 0.05) is 26.9 Å². The molecule has 2 atom stereocenters. The molecule has 1 aliphatic rings. The smallest absolute Gasteiger partial charge is 0.296 e. The molecule has 3 rings (SSSR count). The predicted octanol–water partition coefficient (Wildman–Crippen LogP) is 1.84. The van der Waals surface area contributed by atoms with Crippen molar-refractivity contribution in [2.45, 2.75) is 32.1 Å². The van der Waals surface area contributed by atoms with E-state index in [-0.39, 0.29) is 30.4 Å². The lowest BCUT2D eigenvalue weighted by Gasteiger charge is -2.24. The lowest BCUT2D eigenvalue weighted by molar-refractivity contribution is -0.130. The van der Waals surface area contributed by atoms with Gasteiger partial charge in [-0.05, 0) is 17.7 Å². The number of aromatic nitrogens is 2. The molecule has 1 aliphatic heterocycles. The summed E-state index contributed by atoms with van der Waals surface area (Å²) in [5.41, 5.74) is -0.968. The van der Waals surface area contributed by atoms with E-state index in [2.05, 4.69) is 10.3 Å². The molecule has 0 spiro atoms. The van der Waals surface area contributed by atoms with Gasteiger partial charge in [-0.2, -0.15) is 0 Å². The Balaban J connectivity index is 1.91. The first-order valence-electron chi connectivity index (χ1n) is 9.03. The van der Waals surface area contributed by atoms with Crippen LogP contribution >= 0.6 is 11.6 Å². The van der Waals surface area contributed by atoms with Crippen molar-refractivity contribution in [1.29, 1.82) is 0 Å². The monoisotopic (exact) mass is 440 g/mol. The van der Waals surface area contributed by atoms with Gasteiger partial charge < -0.3 is 15.3 Å². The zero-order valence-corrected chi connectivity index (χ0v) is 16.9. The summed E-state index contributed by atoms with van der Waals surface area (Å²) in [6.07, 6.45) is -1.38. The molecule has 160 valence electrons. The number of nitrogens with zero attached hydrogens (tertiary/aromatic N) is 3. The third kappa shape index (κ3) is 4.13. The lowest BCUT2D eigenvalue weighted by atomic mass is 10.1. The molecule has 0 saturated carbocycles. The molecule has 2 heterocycles. The van der Waals surface area contributed by atoms with Gasteiger partial charge in [-0.25, -0.2) is 13.8 Å². The van der Waals surface area contributed by atoms with Gasteiger partial charge in [0.2, 0.25) is 11.7 Å². The maximum atomic E-state index is 13.9. The van der Waals surface area contributed by atoms with Gasteiger partial charge in [-0.15, -0.1) is 0 Å². The van der Waals surface area contributed by atoms with Crippen molar-refractivity contribution in [1.82, 2.24) is 19.8 Å². The number of amides is 2. The fourth-order valence-corrected chi connectivity index (χ4v) is 3.56. The summed E-state index contributed by atoms with van der Waals surface area (Å²) < 4.78 is 28.2. The van der Waals surface area contributed by atoms with Crippen LogP contribution in [0.5, 0.6) is 5.75 Å². The second kappa shape index (κ2) is 8.39. The summed E-state index contributed by atoms with van der Waals surface area (Å²) in [7, 11) is 1.32. The zero-order valence-electron chi connectivity index (χ0n) is 16.2. The van der Waals surface area contributed by atoms with Gasteiger partial charge in [0.1, 0.15) is 17.8 Å². The quantitative estimate of drug-likeness (QED) is 0.755. The Morgan fingerprint density at radius 1 is 1.40 bits per heavy atom. The highest BCUT2D eigenvalue weighted by atomic mass is 35.5. The molecule has 0 unspecified atom stereocenters. The first kappa shape index (κ1) is 21.7. The van der Waals surface area contributed by atoms with E-state index in [9.17, 15) is 28.3 Å². The highest BCUT2D eigenvalue weighted by Crippen LogP contribution is 2.32. The molecule has 8 nitrogen and oxygen atoms in total. The summed E-state index contributed by atoms with van der Waals surface area (Å²) >= 11 is 5.71. The van der Waals surface area contributed by atoms with E-state index in [0.717, 1.165) is 10.6 Å². The summed E-state index contributed by atoms with van der Waals surface area (Å²) in [6, 6.07) is 3.03. The molecule has 1 aromatic carbocycles. The van der Waals surface area contributed by atoms with Crippen molar-refractivity contribution in [2.24, 2.45) is 7.05 Å². The maximum absolute atomic E-state index is 13.9. The van der Waals surface area contributed by atoms with E-state index in [4.69, 9.17) is 11.6 Å². The molecule has 1 aromatic heterocycles. The first-order valence-corrected chi connectivity index (χ1v) is 9.41. The van der Waals surface area contributed by atoms with Gasteiger partial charge >= 0.3 is 0 Å². The Bertz CT molecular complexity index is 1080. The van der Waals surface area contributed by atoms with Gasteiger partial charge in [0.15, 0.2) is 5.69 Å². The largest absolute Gasteiger partial charge is 0.501 e. The lowest BCUT2D eigenvalue weighted by Crippen LogP contribution is -2.35. The minimum atomic E-state index is -1.30. The normalized spacial score (nSPS) is 18.5. The number of hydrogen-bond acceptors (Lipinski definition) is 5. The van der Waals surface area contributed by atoms with Gasteiger partial charge in [-0.3, -0.25) is 19.0 Å². The van der Waals surface area contributed by atoms with E-state index in [1.807, 2.05) is 0 Å². The van der Waals surface area contributed by atoms with Crippen LogP contribution in [0.15, 0.2) is 23.0 Å². The maximum Gasteiger partial charge on any atom is 0.296 e. The van der Waals surface area contributed by atoms with Crippen molar-refractivity contribution in [3.05, 3.63) is 56.5 Å². The van der Waals surface area contributed by atoms with Crippen LogP contribution in [0.25, 0.3) is 0 Å². The fraction of sp³-hybridized carbons (Fsp3) is 0.368. The second-order valence-electron chi connectivity index (χ2n) is 6.98. The van der Waals surface area contributed by atoms with Crippen LogP contribution in [-0.4, -0.2) is 44.1 Å². The Hall–Kier alpha value is -3.01. The third-order valence-electron chi connectivity index (χ3n) is 4.91. The number of carbonyl (C=O) groups excluding carboxylic acids is 2. The van der Waals surface area contributed by atoms with Crippen molar-refractivity contribution in [2.75, 3.05) is 6.54 Å². The van der Waals surface area contributed by atoms with Crippen molar-refractivity contribution >= 4 is 23.4 Å². The van der Waals surface area contributed by atoms with Crippen LogP contribution in [0.2, 0.25) is 5.02 Å². The summed E-state index contributed by atoms with van der Waals surface area (Å²) in [4.78, 5) is 42.1. The minimum absolute atomic E-state index is 0.0110. The Kier molecular flexibility index (Phi) is 6.06. The summed E-state index contributed by atoms with van der Waals surface area (Å²) in [5.74, 6) is -2.76. The fourth-order valence-electron chi connectivity index (χ4n) is 3.36. The third-order valence-corrected chi connectivity index (χ3v) is 5.20. The zero-order chi connectivity index (χ0) is 22.2. The number of benzene rings is 1. The molecule has 0 radical (unpaired) electrons. The van der Waals surface area contributed by atoms with Crippen LogP contribution < -0.4 is 10.9 Å². The van der Waals surface area contributed by atoms with Crippen molar-refractivity contribution < 1.29 is 23.5 Å².